The van der Waals surface area contributed by atoms with Crippen molar-refractivity contribution < 1.29 is 18.0 Å². The number of aromatic nitrogens is 2. The lowest BCUT2D eigenvalue weighted by atomic mass is 9.83. The lowest BCUT2D eigenvalue weighted by molar-refractivity contribution is -0.141. The number of amides is 1. The third-order valence-corrected chi connectivity index (χ3v) is 6.34. The number of hydrogen-bond acceptors (Lipinski definition) is 3. The minimum absolute atomic E-state index is 0.0428. The van der Waals surface area contributed by atoms with Crippen LogP contribution in [0.25, 0.3) is 11.1 Å². The van der Waals surface area contributed by atoms with Gasteiger partial charge in [0.25, 0.3) is 0 Å². The number of thiophene rings is 1. The van der Waals surface area contributed by atoms with Crippen LogP contribution < -0.4 is 0 Å². The highest BCUT2D eigenvalue weighted by molar-refractivity contribution is 7.12. The highest BCUT2D eigenvalue weighted by Gasteiger charge is 2.39. The second kappa shape index (κ2) is 7.43. The number of rotatable bonds is 3. The fourth-order valence-electron chi connectivity index (χ4n) is 4.06. The number of alkyl halides is 3. The Morgan fingerprint density at radius 3 is 2.70 bits per heavy atom. The van der Waals surface area contributed by atoms with Crippen LogP contribution in [0.5, 0.6) is 0 Å². The SMILES string of the molecule is C=CC(=O)N1Cc2sc(C)cc2[C@@H](c2ccccc2-c2cn(C)nc2C(F)(F)F)C1. The van der Waals surface area contributed by atoms with Crippen molar-refractivity contribution in [3.8, 4) is 11.1 Å². The van der Waals surface area contributed by atoms with Gasteiger partial charge in [0.05, 0.1) is 6.54 Å². The van der Waals surface area contributed by atoms with Crippen molar-refractivity contribution in [2.24, 2.45) is 7.05 Å². The number of hydrogen-bond donors (Lipinski definition) is 0. The lowest BCUT2D eigenvalue weighted by Crippen LogP contribution is -2.37. The van der Waals surface area contributed by atoms with Crippen molar-refractivity contribution in [2.75, 3.05) is 6.54 Å². The van der Waals surface area contributed by atoms with E-state index in [1.165, 1.54) is 24.0 Å². The summed E-state index contributed by atoms with van der Waals surface area (Å²) < 4.78 is 42.1. The Hall–Kier alpha value is -2.87. The molecule has 0 saturated carbocycles. The average molecular weight is 431 g/mol. The molecule has 4 nitrogen and oxygen atoms in total. The van der Waals surface area contributed by atoms with Gasteiger partial charge in [0.2, 0.25) is 5.91 Å². The number of benzene rings is 1. The van der Waals surface area contributed by atoms with Gasteiger partial charge in [-0.1, -0.05) is 30.8 Å². The molecule has 0 aliphatic carbocycles. The molecule has 0 bridgehead atoms. The summed E-state index contributed by atoms with van der Waals surface area (Å²) in [5.74, 6) is -0.424. The Balaban J connectivity index is 1.89. The average Bonchev–Trinajstić information content (AvgIpc) is 3.28. The molecule has 1 aliphatic rings. The maximum absolute atomic E-state index is 13.6. The smallest absolute Gasteiger partial charge is 0.333 e. The van der Waals surface area contributed by atoms with Crippen LogP contribution in [0.1, 0.15) is 32.5 Å². The van der Waals surface area contributed by atoms with E-state index < -0.39 is 11.9 Å². The first-order valence-electron chi connectivity index (χ1n) is 9.39. The Labute approximate surface area is 176 Å². The Morgan fingerprint density at radius 1 is 1.27 bits per heavy atom. The van der Waals surface area contributed by atoms with Crippen LogP contribution in [0.2, 0.25) is 0 Å². The quantitative estimate of drug-likeness (QED) is 0.539. The number of nitrogens with zero attached hydrogens (tertiary/aromatic N) is 3. The van der Waals surface area contributed by atoms with Gasteiger partial charge in [0.15, 0.2) is 5.69 Å². The highest BCUT2D eigenvalue weighted by Crippen LogP contribution is 2.44. The molecule has 156 valence electrons. The van der Waals surface area contributed by atoms with E-state index >= 15 is 0 Å². The van der Waals surface area contributed by atoms with Crippen molar-refractivity contribution in [3.05, 3.63) is 75.8 Å². The molecular weight excluding hydrogens is 411 g/mol. The van der Waals surface area contributed by atoms with E-state index in [2.05, 4.69) is 17.7 Å². The second-order valence-corrected chi connectivity index (χ2v) is 8.70. The molecule has 0 N–H and O–H groups in total. The summed E-state index contributed by atoms with van der Waals surface area (Å²) in [6.45, 7) is 6.44. The third kappa shape index (κ3) is 3.56. The van der Waals surface area contributed by atoms with Crippen LogP contribution in [0.4, 0.5) is 13.2 Å². The van der Waals surface area contributed by atoms with Crippen LogP contribution in [-0.2, 0) is 24.6 Å². The van der Waals surface area contributed by atoms with Crippen LogP contribution >= 0.6 is 11.3 Å². The molecule has 3 aromatic rings. The first-order valence-corrected chi connectivity index (χ1v) is 10.2. The van der Waals surface area contributed by atoms with Gasteiger partial charge in [-0.05, 0) is 35.8 Å². The summed E-state index contributed by atoms with van der Waals surface area (Å²) in [5.41, 5.74) is 1.42. The highest BCUT2D eigenvalue weighted by atomic mass is 32.1. The first kappa shape index (κ1) is 20.4. The van der Waals surface area contributed by atoms with E-state index in [0.29, 0.717) is 18.7 Å². The van der Waals surface area contributed by atoms with Crippen LogP contribution in [0, 0.1) is 6.92 Å². The largest absolute Gasteiger partial charge is 0.435 e. The van der Waals surface area contributed by atoms with Gasteiger partial charge in [0, 0.05) is 41.0 Å². The lowest BCUT2D eigenvalue weighted by Gasteiger charge is -2.33. The van der Waals surface area contributed by atoms with Gasteiger partial charge in [-0.25, -0.2) is 0 Å². The van der Waals surface area contributed by atoms with Gasteiger partial charge in [-0.3, -0.25) is 9.48 Å². The van der Waals surface area contributed by atoms with Crippen LogP contribution in [0.15, 0.2) is 49.2 Å². The summed E-state index contributed by atoms with van der Waals surface area (Å²) in [4.78, 5) is 16.2. The molecule has 1 atom stereocenters. The van der Waals surface area contributed by atoms with E-state index in [0.717, 1.165) is 20.9 Å². The summed E-state index contributed by atoms with van der Waals surface area (Å²) in [5, 5.41) is 3.67. The van der Waals surface area contributed by atoms with Crippen molar-refractivity contribution in [3.63, 3.8) is 0 Å². The molecule has 1 amide bonds. The fraction of sp³-hybridized carbons (Fsp3) is 0.273. The van der Waals surface area contributed by atoms with Gasteiger partial charge in [0.1, 0.15) is 0 Å². The molecule has 0 spiro atoms. The van der Waals surface area contributed by atoms with Crippen molar-refractivity contribution in [1.29, 1.82) is 0 Å². The zero-order valence-electron chi connectivity index (χ0n) is 16.5. The van der Waals surface area contributed by atoms with Gasteiger partial charge in [-0.15, -0.1) is 11.3 Å². The van der Waals surface area contributed by atoms with E-state index in [9.17, 15) is 18.0 Å². The van der Waals surface area contributed by atoms with E-state index in [-0.39, 0.29) is 17.4 Å². The summed E-state index contributed by atoms with van der Waals surface area (Å²) in [6, 6.07) is 9.14. The standard InChI is InChI=1S/C22H20F3N3OS/c1-4-20(29)28-11-17(16-9-13(2)30-19(16)12-28)14-7-5-6-8-15(14)18-10-27(3)26-21(18)22(23,24)25/h4-10,17H,1,11-12H2,2-3H3/t17-/m1/s1. The van der Waals surface area contributed by atoms with Gasteiger partial charge >= 0.3 is 6.18 Å². The molecule has 0 fully saturated rings. The number of carbonyl (C=O) groups is 1. The number of carbonyl (C=O) groups excluding carboxylic acids is 1. The maximum Gasteiger partial charge on any atom is 0.435 e. The summed E-state index contributed by atoms with van der Waals surface area (Å²) in [6.07, 6.45) is -1.89. The first-order chi connectivity index (χ1) is 14.2. The second-order valence-electron chi connectivity index (χ2n) is 7.36. The summed E-state index contributed by atoms with van der Waals surface area (Å²) >= 11 is 1.61. The molecule has 30 heavy (non-hydrogen) atoms. The number of halogens is 3. The molecule has 0 saturated heterocycles. The molecule has 8 heteroatoms. The molecular formula is C22H20F3N3OS. The van der Waals surface area contributed by atoms with Crippen molar-refractivity contribution in [1.82, 2.24) is 14.7 Å². The Morgan fingerprint density at radius 2 is 2.00 bits per heavy atom. The molecule has 0 radical (unpaired) electrons. The fourth-order valence-corrected chi connectivity index (χ4v) is 5.18. The van der Waals surface area contributed by atoms with Crippen molar-refractivity contribution >= 4 is 17.2 Å². The Bertz CT molecular complexity index is 1130. The van der Waals surface area contributed by atoms with Gasteiger partial charge in [-0.2, -0.15) is 18.3 Å². The number of fused-ring (bicyclic) bond motifs is 1. The Kier molecular flexibility index (Phi) is 5.05. The molecule has 1 aliphatic heterocycles. The van der Waals surface area contributed by atoms with E-state index in [1.807, 2.05) is 19.1 Å². The monoisotopic (exact) mass is 431 g/mol. The number of aryl methyl sites for hydroxylation is 2. The maximum atomic E-state index is 13.6. The minimum Gasteiger partial charge on any atom is -0.333 e. The molecule has 0 unspecified atom stereocenters. The molecule has 3 heterocycles. The predicted molar refractivity (Wildman–Crippen MR) is 110 cm³/mol. The van der Waals surface area contributed by atoms with E-state index in [4.69, 9.17) is 0 Å². The zero-order valence-corrected chi connectivity index (χ0v) is 17.3. The van der Waals surface area contributed by atoms with Crippen molar-refractivity contribution in [2.45, 2.75) is 25.6 Å². The third-order valence-electron chi connectivity index (χ3n) is 5.29. The molecule has 4 rings (SSSR count). The molecule has 2 aromatic heterocycles. The van der Waals surface area contributed by atoms with E-state index in [1.54, 1.807) is 28.4 Å². The van der Waals surface area contributed by atoms with Crippen LogP contribution in [-0.4, -0.2) is 27.1 Å². The van der Waals surface area contributed by atoms with Crippen LogP contribution in [0.3, 0.4) is 0 Å². The van der Waals surface area contributed by atoms with Gasteiger partial charge < -0.3 is 4.90 Å². The topological polar surface area (TPSA) is 38.1 Å². The minimum atomic E-state index is -4.56. The summed E-state index contributed by atoms with van der Waals surface area (Å²) in [7, 11) is 1.48. The predicted octanol–water partition coefficient (Wildman–Crippen LogP) is 5.14. The normalized spacial score (nSPS) is 16.4. The molecule has 1 aromatic carbocycles. The zero-order chi connectivity index (χ0) is 21.6.